The molecule has 0 radical (unpaired) electrons. The molecule has 0 saturated carbocycles. The number of nitrogens with zero attached hydrogens (tertiary/aromatic N) is 1. The first-order valence-electron chi connectivity index (χ1n) is 8.24. The lowest BCUT2D eigenvalue weighted by Crippen LogP contribution is -2.40. The molecule has 132 valence electrons. The maximum Gasteiger partial charge on any atom is 0.228 e. The number of rotatable bonds is 4. The van der Waals surface area contributed by atoms with E-state index in [9.17, 15) is 4.79 Å². The van der Waals surface area contributed by atoms with Gasteiger partial charge in [0.1, 0.15) is 0 Å². The van der Waals surface area contributed by atoms with Gasteiger partial charge in [-0.3, -0.25) is 9.69 Å². The summed E-state index contributed by atoms with van der Waals surface area (Å²) in [4.78, 5) is 14.9. The van der Waals surface area contributed by atoms with Gasteiger partial charge < -0.3 is 5.32 Å². The second-order valence-corrected chi connectivity index (χ2v) is 8.00. The van der Waals surface area contributed by atoms with Crippen LogP contribution in [0.2, 0.25) is 10.0 Å². The van der Waals surface area contributed by atoms with Crippen LogP contribution in [0.4, 0.5) is 5.69 Å². The summed E-state index contributed by atoms with van der Waals surface area (Å²) in [5.41, 5.74) is 1.74. The van der Waals surface area contributed by atoms with Gasteiger partial charge in [0.25, 0.3) is 0 Å². The van der Waals surface area contributed by atoms with E-state index in [2.05, 4.69) is 26.1 Å². The smallest absolute Gasteiger partial charge is 0.228 e. The number of halogens is 3. The number of likely N-dealkylation sites (tertiary alicyclic amines) is 1. The van der Waals surface area contributed by atoms with Crippen LogP contribution in [0.3, 0.4) is 0 Å². The molecule has 0 aromatic heterocycles. The van der Waals surface area contributed by atoms with Gasteiger partial charge in [-0.2, -0.15) is 0 Å². The van der Waals surface area contributed by atoms with Gasteiger partial charge in [-0.05, 0) is 49.7 Å². The molecule has 1 fully saturated rings. The predicted molar refractivity (Wildman–Crippen MR) is 107 cm³/mol. The zero-order valence-corrected chi connectivity index (χ0v) is 16.7. The van der Waals surface area contributed by atoms with Crippen molar-refractivity contribution in [3.63, 3.8) is 0 Å². The van der Waals surface area contributed by atoms with E-state index in [1.165, 1.54) is 0 Å². The number of piperidine rings is 1. The Morgan fingerprint density at radius 3 is 2.64 bits per heavy atom. The van der Waals surface area contributed by atoms with Crippen molar-refractivity contribution in [2.75, 3.05) is 18.4 Å². The summed E-state index contributed by atoms with van der Waals surface area (Å²) in [7, 11) is 0. The minimum absolute atomic E-state index is 0.0333. The Morgan fingerprint density at radius 2 is 1.92 bits per heavy atom. The van der Waals surface area contributed by atoms with Crippen LogP contribution in [-0.4, -0.2) is 23.9 Å². The average Bonchev–Trinajstić information content (AvgIpc) is 2.58. The Hall–Kier alpha value is -1.07. The van der Waals surface area contributed by atoms with Crippen molar-refractivity contribution in [1.29, 1.82) is 0 Å². The summed E-state index contributed by atoms with van der Waals surface area (Å²) in [6, 6.07) is 13.2. The van der Waals surface area contributed by atoms with E-state index in [0.717, 1.165) is 35.1 Å². The maximum absolute atomic E-state index is 12.6. The molecule has 1 atom stereocenters. The van der Waals surface area contributed by atoms with Crippen LogP contribution in [0, 0.1) is 5.92 Å². The molecule has 1 aliphatic rings. The van der Waals surface area contributed by atoms with Crippen molar-refractivity contribution in [3.05, 3.63) is 62.5 Å². The van der Waals surface area contributed by atoms with E-state index in [1.54, 1.807) is 0 Å². The average molecular weight is 442 g/mol. The number of benzene rings is 2. The summed E-state index contributed by atoms with van der Waals surface area (Å²) in [6.07, 6.45) is 1.88. The van der Waals surface area contributed by atoms with Gasteiger partial charge in [-0.15, -0.1) is 0 Å². The van der Waals surface area contributed by atoms with Crippen LogP contribution >= 0.6 is 39.1 Å². The molecule has 1 amide bonds. The number of carbonyl (C=O) groups excluding carboxylic acids is 1. The van der Waals surface area contributed by atoms with Crippen LogP contribution in [0.15, 0.2) is 46.9 Å². The highest BCUT2D eigenvalue weighted by Gasteiger charge is 2.26. The molecule has 0 spiro atoms. The minimum atomic E-state index is -0.0333. The van der Waals surface area contributed by atoms with Gasteiger partial charge in [-0.25, -0.2) is 0 Å². The lowest BCUT2D eigenvalue weighted by atomic mass is 9.96. The van der Waals surface area contributed by atoms with Crippen molar-refractivity contribution in [3.8, 4) is 0 Å². The summed E-state index contributed by atoms with van der Waals surface area (Å²) in [5.74, 6) is 0.0297. The van der Waals surface area contributed by atoms with Crippen LogP contribution in [0.5, 0.6) is 0 Å². The first kappa shape index (κ1) is 18.7. The topological polar surface area (TPSA) is 32.3 Å². The third-order valence-electron chi connectivity index (χ3n) is 4.41. The summed E-state index contributed by atoms with van der Waals surface area (Å²) in [5, 5.41) is 4.36. The quantitative estimate of drug-likeness (QED) is 0.668. The van der Waals surface area contributed by atoms with E-state index in [1.807, 2.05) is 42.5 Å². The van der Waals surface area contributed by atoms with Crippen LogP contribution in [0.1, 0.15) is 18.4 Å². The zero-order valence-electron chi connectivity index (χ0n) is 13.6. The van der Waals surface area contributed by atoms with E-state index in [0.29, 0.717) is 23.1 Å². The van der Waals surface area contributed by atoms with Gasteiger partial charge in [0.15, 0.2) is 0 Å². The highest BCUT2D eigenvalue weighted by molar-refractivity contribution is 9.10. The van der Waals surface area contributed by atoms with Gasteiger partial charge in [-0.1, -0.05) is 51.3 Å². The van der Waals surface area contributed by atoms with Crippen molar-refractivity contribution < 1.29 is 4.79 Å². The Labute approximate surface area is 166 Å². The van der Waals surface area contributed by atoms with Crippen molar-refractivity contribution in [2.24, 2.45) is 5.92 Å². The largest absolute Gasteiger partial charge is 0.326 e. The minimum Gasteiger partial charge on any atom is -0.326 e. The van der Waals surface area contributed by atoms with Crippen LogP contribution in [0.25, 0.3) is 0 Å². The summed E-state index contributed by atoms with van der Waals surface area (Å²) < 4.78 is 0.948. The first-order valence-corrected chi connectivity index (χ1v) is 9.79. The molecule has 2 aromatic carbocycles. The molecule has 1 N–H and O–H groups in total. The molecule has 6 heteroatoms. The molecule has 0 bridgehead atoms. The van der Waals surface area contributed by atoms with E-state index in [4.69, 9.17) is 23.2 Å². The fourth-order valence-electron chi connectivity index (χ4n) is 3.13. The number of hydrogen-bond donors (Lipinski definition) is 1. The van der Waals surface area contributed by atoms with Gasteiger partial charge in [0, 0.05) is 38.9 Å². The molecule has 25 heavy (non-hydrogen) atoms. The standard InChI is InChI=1S/C19H19BrCl2N2O/c20-14-5-1-6-15(10-14)23-19(25)13-4-3-9-24(11-13)12-16-17(21)7-2-8-18(16)22/h1-2,5-8,10,13H,3-4,9,11-12H2,(H,23,25)/t13-/m1/s1. The second-order valence-electron chi connectivity index (χ2n) is 6.27. The number of hydrogen-bond acceptors (Lipinski definition) is 2. The number of carbonyl (C=O) groups is 1. The Kier molecular flexibility index (Phi) is 6.39. The molecule has 1 aliphatic heterocycles. The van der Waals surface area contributed by atoms with Gasteiger partial charge in [0.2, 0.25) is 5.91 Å². The fourth-order valence-corrected chi connectivity index (χ4v) is 4.05. The third-order valence-corrected chi connectivity index (χ3v) is 5.61. The highest BCUT2D eigenvalue weighted by Crippen LogP contribution is 2.28. The lowest BCUT2D eigenvalue weighted by molar-refractivity contribution is -0.121. The Bertz CT molecular complexity index is 749. The van der Waals surface area contributed by atoms with Crippen molar-refractivity contribution in [2.45, 2.75) is 19.4 Å². The monoisotopic (exact) mass is 440 g/mol. The molecular weight excluding hydrogens is 423 g/mol. The van der Waals surface area contributed by atoms with Gasteiger partial charge in [0.05, 0.1) is 5.92 Å². The number of nitrogens with one attached hydrogen (secondary N) is 1. The molecule has 3 nitrogen and oxygen atoms in total. The SMILES string of the molecule is O=C(Nc1cccc(Br)c1)[C@@H]1CCCN(Cc2c(Cl)cccc2Cl)C1. The predicted octanol–water partition coefficient (Wildman–Crippen LogP) is 5.61. The van der Waals surface area contributed by atoms with Crippen molar-refractivity contribution in [1.82, 2.24) is 4.90 Å². The Balaban J connectivity index is 1.63. The normalized spacial score (nSPS) is 18.1. The van der Waals surface area contributed by atoms with E-state index < -0.39 is 0 Å². The fraction of sp³-hybridized carbons (Fsp3) is 0.316. The Morgan fingerprint density at radius 1 is 1.20 bits per heavy atom. The molecule has 1 saturated heterocycles. The lowest BCUT2D eigenvalue weighted by Gasteiger charge is -2.32. The number of anilines is 1. The summed E-state index contributed by atoms with van der Waals surface area (Å²) in [6.45, 7) is 2.32. The molecule has 0 aliphatic carbocycles. The molecule has 0 unspecified atom stereocenters. The van der Waals surface area contributed by atoms with Crippen molar-refractivity contribution >= 4 is 50.7 Å². The highest BCUT2D eigenvalue weighted by atomic mass is 79.9. The van der Waals surface area contributed by atoms with E-state index >= 15 is 0 Å². The third kappa shape index (κ3) is 4.98. The molecular formula is C19H19BrCl2N2O. The maximum atomic E-state index is 12.6. The molecule has 2 aromatic rings. The first-order chi connectivity index (χ1) is 12.0. The zero-order chi connectivity index (χ0) is 17.8. The van der Waals surface area contributed by atoms with Crippen LogP contribution < -0.4 is 5.32 Å². The summed E-state index contributed by atoms with van der Waals surface area (Å²) >= 11 is 16.0. The number of amides is 1. The molecule has 1 heterocycles. The second kappa shape index (κ2) is 8.54. The van der Waals surface area contributed by atoms with E-state index in [-0.39, 0.29) is 11.8 Å². The van der Waals surface area contributed by atoms with Crippen LogP contribution in [-0.2, 0) is 11.3 Å². The molecule has 3 rings (SSSR count). The van der Waals surface area contributed by atoms with Gasteiger partial charge >= 0.3 is 0 Å².